The largest absolute Gasteiger partial charge is 0.371 e. The van der Waals surface area contributed by atoms with Crippen molar-refractivity contribution in [2.75, 3.05) is 18.0 Å². The number of piperidine rings is 1. The Morgan fingerprint density at radius 2 is 1.89 bits per heavy atom. The van der Waals surface area contributed by atoms with Gasteiger partial charge in [0.25, 0.3) is 0 Å². The first kappa shape index (κ1) is 14.4. The number of anilines is 1. The van der Waals surface area contributed by atoms with Crippen molar-refractivity contribution in [2.45, 2.75) is 58.0 Å². The highest BCUT2D eigenvalue weighted by atomic mass is 15.1. The van der Waals surface area contributed by atoms with Crippen LogP contribution in [0.3, 0.4) is 0 Å². The molecule has 1 aromatic carbocycles. The van der Waals surface area contributed by atoms with Gasteiger partial charge in [-0.05, 0) is 38.3 Å². The highest BCUT2D eigenvalue weighted by Gasteiger charge is 2.20. The molecule has 1 fully saturated rings. The maximum atomic E-state index is 3.80. The van der Waals surface area contributed by atoms with Crippen LogP contribution >= 0.6 is 0 Å². The van der Waals surface area contributed by atoms with E-state index >= 15 is 0 Å². The molecule has 0 aliphatic carbocycles. The van der Waals surface area contributed by atoms with E-state index in [1.165, 1.54) is 50.9 Å². The third-order valence-corrected chi connectivity index (χ3v) is 4.13. The van der Waals surface area contributed by atoms with Crippen LogP contribution in [0, 0.1) is 0 Å². The van der Waals surface area contributed by atoms with Crippen LogP contribution in [-0.4, -0.2) is 25.2 Å². The lowest BCUT2D eigenvalue weighted by molar-refractivity contribution is 0.362. The molecule has 2 rings (SSSR count). The van der Waals surface area contributed by atoms with Gasteiger partial charge in [0.15, 0.2) is 0 Å². The third-order valence-electron chi connectivity index (χ3n) is 4.13. The maximum absolute atomic E-state index is 3.80. The number of hydrogen-bond donors (Lipinski definition) is 1. The molecule has 0 spiro atoms. The number of nitrogens with one attached hydrogen (secondary N) is 1. The predicted octanol–water partition coefficient (Wildman–Crippen LogP) is 3.82. The number of unbranched alkanes of at least 4 members (excludes halogenated alkanes) is 1. The minimum Gasteiger partial charge on any atom is -0.371 e. The van der Waals surface area contributed by atoms with Crippen LogP contribution in [0.2, 0.25) is 0 Å². The summed E-state index contributed by atoms with van der Waals surface area (Å²) < 4.78 is 0. The van der Waals surface area contributed by atoms with Crippen molar-refractivity contribution >= 4 is 5.69 Å². The first-order chi connectivity index (χ1) is 9.29. The van der Waals surface area contributed by atoms with E-state index in [1.54, 1.807) is 0 Å². The molecule has 1 aromatic rings. The monoisotopic (exact) mass is 260 g/mol. The fourth-order valence-electron chi connectivity index (χ4n) is 2.94. The van der Waals surface area contributed by atoms with Crippen molar-refractivity contribution in [3.05, 3.63) is 30.3 Å². The molecule has 19 heavy (non-hydrogen) atoms. The van der Waals surface area contributed by atoms with E-state index < -0.39 is 0 Å². The highest BCUT2D eigenvalue weighted by molar-refractivity contribution is 5.46. The van der Waals surface area contributed by atoms with Gasteiger partial charge in [-0.25, -0.2) is 0 Å². The zero-order chi connectivity index (χ0) is 13.5. The fraction of sp³-hybridized carbons (Fsp3) is 0.647. The predicted molar refractivity (Wildman–Crippen MR) is 83.8 cm³/mol. The standard InChI is InChI=1S/C17H28N2/c1-3-4-8-15(2)18-16-11-13-19(14-12-16)17-9-6-5-7-10-17/h5-7,9-10,15-16,18H,3-4,8,11-14H2,1-2H3. The Labute approximate surface area is 118 Å². The Bertz CT molecular complexity index is 342. The Kier molecular flexibility index (Phi) is 5.71. The molecule has 1 heterocycles. The Morgan fingerprint density at radius 3 is 2.53 bits per heavy atom. The lowest BCUT2D eigenvalue weighted by Crippen LogP contribution is -2.45. The minimum atomic E-state index is 0.674. The van der Waals surface area contributed by atoms with Crippen molar-refractivity contribution in [3.63, 3.8) is 0 Å². The summed E-state index contributed by atoms with van der Waals surface area (Å²) in [7, 11) is 0. The van der Waals surface area contributed by atoms with Gasteiger partial charge in [-0.1, -0.05) is 38.0 Å². The normalized spacial score (nSPS) is 18.5. The summed E-state index contributed by atoms with van der Waals surface area (Å²) in [6, 6.07) is 12.2. The molecule has 0 radical (unpaired) electrons. The van der Waals surface area contributed by atoms with Crippen LogP contribution in [0.15, 0.2) is 30.3 Å². The summed E-state index contributed by atoms with van der Waals surface area (Å²) >= 11 is 0. The number of rotatable bonds is 6. The lowest BCUT2D eigenvalue weighted by Gasteiger charge is -2.35. The summed E-state index contributed by atoms with van der Waals surface area (Å²) in [5.74, 6) is 0. The van der Waals surface area contributed by atoms with E-state index in [2.05, 4.69) is 54.4 Å². The van der Waals surface area contributed by atoms with Gasteiger partial charge >= 0.3 is 0 Å². The molecule has 1 N–H and O–H groups in total. The zero-order valence-corrected chi connectivity index (χ0v) is 12.4. The molecule has 1 unspecified atom stereocenters. The van der Waals surface area contributed by atoms with Gasteiger partial charge in [0.2, 0.25) is 0 Å². The average molecular weight is 260 g/mol. The Balaban J connectivity index is 1.73. The number of para-hydroxylation sites is 1. The van der Waals surface area contributed by atoms with E-state index in [-0.39, 0.29) is 0 Å². The van der Waals surface area contributed by atoms with Crippen LogP contribution in [0.5, 0.6) is 0 Å². The molecule has 1 aliphatic heterocycles. The zero-order valence-electron chi connectivity index (χ0n) is 12.4. The quantitative estimate of drug-likeness (QED) is 0.836. The van der Waals surface area contributed by atoms with Gasteiger partial charge in [-0.15, -0.1) is 0 Å². The van der Waals surface area contributed by atoms with Crippen molar-refractivity contribution in [1.82, 2.24) is 5.32 Å². The summed E-state index contributed by atoms with van der Waals surface area (Å²) in [6.45, 7) is 6.97. The smallest absolute Gasteiger partial charge is 0.0366 e. The summed E-state index contributed by atoms with van der Waals surface area (Å²) in [4.78, 5) is 2.51. The fourth-order valence-corrected chi connectivity index (χ4v) is 2.94. The number of benzene rings is 1. The molecule has 106 valence electrons. The van der Waals surface area contributed by atoms with Crippen molar-refractivity contribution in [2.24, 2.45) is 0 Å². The van der Waals surface area contributed by atoms with Crippen LogP contribution in [-0.2, 0) is 0 Å². The highest BCUT2D eigenvalue weighted by Crippen LogP contribution is 2.19. The molecule has 0 saturated carbocycles. The van der Waals surface area contributed by atoms with Crippen molar-refractivity contribution in [3.8, 4) is 0 Å². The number of nitrogens with zero attached hydrogens (tertiary/aromatic N) is 1. The summed E-state index contributed by atoms with van der Waals surface area (Å²) in [6.07, 6.45) is 6.50. The van der Waals surface area contributed by atoms with Gasteiger partial charge in [0.05, 0.1) is 0 Å². The van der Waals surface area contributed by atoms with E-state index in [4.69, 9.17) is 0 Å². The minimum absolute atomic E-state index is 0.674. The van der Waals surface area contributed by atoms with Crippen LogP contribution in [0.1, 0.15) is 46.0 Å². The molecule has 1 atom stereocenters. The topological polar surface area (TPSA) is 15.3 Å². The second kappa shape index (κ2) is 7.54. The Hall–Kier alpha value is -1.02. The van der Waals surface area contributed by atoms with E-state index in [9.17, 15) is 0 Å². The van der Waals surface area contributed by atoms with Gasteiger partial charge in [-0.2, -0.15) is 0 Å². The molecular formula is C17H28N2. The molecule has 0 bridgehead atoms. The summed E-state index contributed by atoms with van der Waals surface area (Å²) in [5.41, 5.74) is 1.37. The van der Waals surface area contributed by atoms with Crippen LogP contribution in [0.4, 0.5) is 5.69 Å². The molecule has 2 heteroatoms. The third kappa shape index (κ3) is 4.54. The average Bonchev–Trinajstić information content (AvgIpc) is 2.47. The van der Waals surface area contributed by atoms with Gasteiger partial charge in [-0.3, -0.25) is 0 Å². The molecular weight excluding hydrogens is 232 g/mol. The SMILES string of the molecule is CCCCC(C)NC1CCN(c2ccccc2)CC1. The molecule has 2 nitrogen and oxygen atoms in total. The van der Waals surface area contributed by atoms with Gasteiger partial charge in [0, 0.05) is 30.9 Å². The lowest BCUT2D eigenvalue weighted by atomic mass is 10.0. The molecule has 0 aromatic heterocycles. The second-order valence-electron chi connectivity index (χ2n) is 5.81. The van der Waals surface area contributed by atoms with E-state index in [0.29, 0.717) is 12.1 Å². The molecule has 1 aliphatic rings. The molecule has 0 amide bonds. The first-order valence-electron chi connectivity index (χ1n) is 7.85. The summed E-state index contributed by atoms with van der Waals surface area (Å²) in [5, 5.41) is 3.80. The van der Waals surface area contributed by atoms with Gasteiger partial charge in [0.1, 0.15) is 0 Å². The van der Waals surface area contributed by atoms with Crippen LogP contribution < -0.4 is 10.2 Å². The molecule has 1 saturated heterocycles. The van der Waals surface area contributed by atoms with E-state index in [0.717, 1.165) is 0 Å². The second-order valence-corrected chi connectivity index (χ2v) is 5.81. The van der Waals surface area contributed by atoms with Crippen molar-refractivity contribution in [1.29, 1.82) is 0 Å². The first-order valence-corrected chi connectivity index (χ1v) is 7.85. The van der Waals surface area contributed by atoms with Crippen molar-refractivity contribution < 1.29 is 0 Å². The van der Waals surface area contributed by atoms with Crippen LogP contribution in [0.25, 0.3) is 0 Å². The van der Waals surface area contributed by atoms with E-state index in [1.807, 2.05) is 0 Å². The Morgan fingerprint density at radius 1 is 1.21 bits per heavy atom. The number of hydrogen-bond acceptors (Lipinski definition) is 2. The maximum Gasteiger partial charge on any atom is 0.0366 e. The van der Waals surface area contributed by atoms with Gasteiger partial charge < -0.3 is 10.2 Å².